The third-order valence-electron chi connectivity index (χ3n) is 3.25. The SMILES string of the molecule is N#CC(N)[C@@H](COCc1ccccc1)OCc1ccccc1. The topological polar surface area (TPSA) is 68.3 Å². The lowest BCUT2D eigenvalue weighted by atomic mass is 10.2. The normalized spacial score (nSPS) is 13.3. The van der Waals surface area contributed by atoms with Crippen LogP contribution in [-0.4, -0.2) is 18.8 Å². The summed E-state index contributed by atoms with van der Waals surface area (Å²) in [7, 11) is 0. The van der Waals surface area contributed by atoms with Crippen molar-refractivity contribution in [2.24, 2.45) is 5.73 Å². The molecule has 0 saturated carbocycles. The molecule has 0 fully saturated rings. The Hall–Kier alpha value is -2.19. The van der Waals surface area contributed by atoms with Gasteiger partial charge in [-0.1, -0.05) is 60.7 Å². The van der Waals surface area contributed by atoms with Gasteiger partial charge in [-0.3, -0.25) is 0 Å². The van der Waals surface area contributed by atoms with E-state index in [-0.39, 0.29) is 6.61 Å². The molecule has 2 aromatic rings. The van der Waals surface area contributed by atoms with Crippen molar-refractivity contribution in [1.82, 2.24) is 0 Å². The minimum absolute atomic E-state index is 0.288. The molecule has 2 atom stereocenters. The predicted molar refractivity (Wildman–Crippen MR) is 84.7 cm³/mol. The van der Waals surface area contributed by atoms with Crippen LogP contribution in [0.4, 0.5) is 0 Å². The second-order valence-electron chi connectivity index (χ2n) is 4.99. The lowest BCUT2D eigenvalue weighted by molar-refractivity contribution is -0.0338. The Balaban J connectivity index is 1.83. The zero-order chi connectivity index (χ0) is 15.6. The van der Waals surface area contributed by atoms with E-state index in [4.69, 9.17) is 20.5 Å². The number of nitrogens with two attached hydrogens (primary N) is 1. The molecule has 0 amide bonds. The van der Waals surface area contributed by atoms with E-state index in [1.807, 2.05) is 66.7 Å². The van der Waals surface area contributed by atoms with Crippen molar-refractivity contribution in [2.45, 2.75) is 25.4 Å². The molecule has 0 aromatic heterocycles. The summed E-state index contributed by atoms with van der Waals surface area (Å²) in [6, 6.07) is 21.0. The van der Waals surface area contributed by atoms with E-state index in [9.17, 15) is 0 Å². The Morgan fingerprint density at radius 1 is 0.909 bits per heavy atom. The van der Waals surface area contributed by atoms with E-state index >= 15 is 0 Å². The summed E-state index contributed by atoms with van der Waals surface area (Å²) in [4.78, 5) is 0. The first-order valence-corrected chi connectivity index (χ1v) is 7.22. The molecule has 2 N–H and O–H groups in total. The maximum absolute atomic E-state index is 9.01. The van der Waals surface area contributed by atoms with Crippen LogP contribution in [0.15, 0.2) is 60.7 Å². The molecular weight excluding hydrogens is 276 g/mol. The van der Waals surface area contributed by atoms with E-state index in [1.165, 1.54) is 0 Å². The zero-order valence-corrected chi connectivity index (χ0v) is 12.4. The fraction of sp³-hybridized carbons (Fsp3) is 0.278. The highest BCUT2D eigenvalue weighted by Crippen LogP contribution is 2.08. The van der Waals surface area contributed by atoms with Crippen LogP contribution in [0.5, 0.6) is 0 Å². The van der Waals surface area contributed by atoms with Gasteiger partial charge in [0.15, 0.2) is 0 Å². The van der Waals surface area contributed by atoms with Gasteiger partial charge in [0.25, 0.3) is 0 Å². The molecule has 0 bridgehead atoms. The average Bonchev–Trinajstić information content (AvgIpc) is 2.59. The van der Waals surface area contributed by atoms with Crippen LogP contribution in [0.2, 0.25) is 0 Å². The molecule has 22 heavy (non-hydrogen) atoms. The van der Waals surface area contributed by atoms with E-state index in [2.05, 4.69) is 0 Å². The molecule has 0 aliphatic carbocycles. The summed E-state index contributed by atoms with van der Waals surface area (Å²) in [5.41, 5.74) is 7.92. The number of hydrogen-bond donors (Lipinski definition) is 1. The van der Waals surface area contributed by atoms with Crippen LogP contribution in [0, 0.1) is 11.3 Å². The van der Waals surface area contributed by atoms with Gasteiger partial charge >= 0.3 is 0 Å². The molecule has 0 aliphatic heterocycles. The molecule has 0 saturated heterocycles. The number of nitrogens with zero attached hydrogens (tertiary/aromatic N) is 1. The number of benzene rings is 2. The van der Waals surface area contributed by atoms with Crippen molar-refractivity contribution in [3.05, 3.63) is 71.8 Å². The third-order valence-corrected chi connectivity index (χ3v) is 3.25. The molecule has 2 rings (SSSR count). The Bertz CT molecular complexity index is 581. The summed E-state index contributed by atoms with van der Waals surface area (Å²) in [6.07, 6.45) is -0.450. The van der Waals surface area contributed by atoms with Crippen molar-refractivity contribution < 1.29 is 9.47 Å². The highest BCUT2D eigenvalue weighted by molar-refractivity contribution is 5.14. The Kier molecular flexibility index (Phi) is 6.59. The molecule has 114 valence electrons. The highest BCUT2D eigenvalue weighted by Gasteiger charge is 2.18. The second-order valence-corrected chi connectivity index (χ2v) is 4.99. The number of rotatable bonds is 8. The number of hydrogen-bond acceptors (Lipinski definition) is 4. The third kappa shape index (κ3) is 5.30. The van der Waals surface area contributed by atoms with Crippen molar-refractivity contribution in [3.63, 3.8) is 0 Å². The molecule has 0 aliphatic rings. The maximum atomic E-state index is 9.01. The molecule has 2 aromatic carbocycles. The minimum Gasteiger partial charge on any atom is -0.374 e. The number of nitriles is 1. The summed E-state index contributed by atoms with van der Waals surface area (Å²) < 4.78 is 11.4. The van der Waals surface area contributed by atoms with Gasteiger partial charge in [-0.2, -0.15) is 5.26 Å². The zero-order valence-electron chi connectivity index (χ0n) is 12.4. The van der Waals surface area contributed by atoms with Crippen LogP contribution in [0.1, 0.15) is 11.1 Å². The molecule has 0 radical (unpaired) electrons. The first-order chi connectivity index (χ1) is 10.8. The lowest BCUT2D eigenvalue weighted by Crippen LogP contribution is -2.38. The number of ether oxygens (including phenoxy) is 2. The smallest absolute Gasteiger partial charge is 0.122 e. The fourth-order valence-corrected chi connectivity index (χ4v) is 1.98. The highest BCUT2D eigenvalue weighted by atomic mass is 16.5. The summed E-state index contributed by atoms with van der Waals surface area (Å²) in [5.74, 6) is 0. The largest absolute Gasteiger partial charge is 0.374 e. The Morgan fingerprint density at radius 3 is 2.00 bits per heavy atom. The van der Waals surface area contributed by atoms with Crippen molar-refractivity contribution in [3.8, 4) is 6.07 Å². The van der Waals surface area contributed by atoms with Crippen molar-refractivity contribution >= 4 is 0 Å². The van der Waals surface area contributed by atoms with Crippen LogP contribution < -0.4 is 5.73 Å². The van der Waals surface area contributed by atoms with Gasteiger partial charge < -0.3 is 15.2 Å². The lowest BCUT2D eigenvalue weighted by Gasteiger charge is -2.20. The summed E-state index contributed by atoms with van der Waals surface area (Å²) >= 11 is 0. The summed E-state index contributed by atoms with van der Waals surface area (Å²) in [6.45, 7) is 1.18. The van der Waals surface area contributed by atoms with Crippen LogP contribution in [-0.2, 0) is 22.7 Å². The molecule has 0 spiro atoms. The fourth-order valence-electron chi connectivity index (χ4n) is 1.98. The molecule has 4 heteroatoms. The van der Waals surface area contributed by atoms with Gasteiger partial charge in [0.05, 0.1) is 25.9 Å². The van der Waals surface area contributed by atoms with Gasteiger partial charge in [-0.05, 0) is 11.1 Å². The van der Waals surface area contributed by atoms with Gasteiger partial charge in [0.1, 0.15) is 12.1 Å². The average molecular weight is 296 g/mol. The first kappa shape index (κ1) is 16.2. The second kappa shape index (κ2) is 8.96. The Labute approximate surface area is 131 Å². The molecular formula is C18H20N2O2. The molecule has 1 unspecified atom stereocenters. The standard InChI is InChI=1S/C18H20N2O2/c19-11-17(20)18(22-13-16-9-5-2-6-10-16)14-21-12-15-7-3-1-4-8-15/h1-10,17-18H,12-14,20H2/t17?,18-/m1/s1. The minimum atomic E-state index is -0.709. The quantitative estimate of drug-likeness (QED) is 0.813. The van der Waals surface area contributed by atoms with Gasteiger partial charge in [0.2, 0.25) is 0 Å². The van der Waals surface area contributed by atoms with E-state index in [0.29, 0.717) is 13.2 Å². The molecule has 4 nitrogen and oxygen atoms in total. The Morgan fingerprint density at radius 2 is 1.45 bits per heavy atom. The van der Waals surface area contributed by atoms with Crippen LogP contribution in [0.25, 0.3) is 0 Å². The van der Waals surface area contributed by atoms with E-state index < -0.39 is 12.1 Å². The van der Waals surface area contributed by atoms with Crippen molar-refractivity contribution in [2.75, 3.05) is 6.61 Å². The van der Waals surface area contributed by atoms with Crippen LogP contribution in [0.3, 0.4) is 0 Å². The van der Waals surface area contributed by atoms with E-state index in [1.54, 1.807) is 0 Å². The van der Waals surface area contributed by atoms with E-state index in [0.717, 1.165) is 11.1 Å². The summed E-state index contributed by atoms with van der Waals surface area (Å²) in [5, 5.41) is 9.01. The monoisotopic (exact) mass is 296 g/mol. The maximum Gasteiger partial charge on any atom is 0.122 e. The predicted octanol–water partition coefficient (Wildman–Crippen LogP) is 2.64. The van der Waals surface area contributed by atoms with Gasteiger partial charge in [-0.15, -0.1) is 0 Å². The van der Waals surface area contributed by atoms with Gasteiger partial charge in [0, 0.05) is 0 Å². The molecule has 0 heterocycles. The first-order valence-electron chi connectivity index (χ1n) is 7.22. The van der Waals surface area contributed by atoms with Gasteiger partial charge in [-0.25, -0.2) is 0 Å². The van der Waals surface area contributed by atoms with Crippen LogP contribution >= 0.6 is 0 Å². The van der Waals surface area contributed by atoms with Crippen molar-refractivity contribution in [1.29, 1.82) is 5.26 Å².